The standard InChI is InChI=1S/C16H13.2FH.Hf/c1-2-6-13(7-3-1)10-14-11-15-8-4-5-9-16(15)12-14;;;/h1-9,11-12H,10H2;2*1H;/q-1;;;/p-2. The van der Waals surface area contributed by atoms with Crippen LogP contribution < -0.4 is 9.41 Å². The summed E-state index contributed by atoms with van der Waals surface area (Å²) in [7, 11) is 0. The minimum Gasteiger partial charge on any atom is -1.00 e. The Morgan fingerprint density at radius 2 is 1.42 bits per heavy atom. The summed E-state index contributed by atoms with van der Waals surface area (Å²) < 4.78 is 0. The van der Waals surface area contributed by atoms with E-state index >= 15 is 0 Å². The molecule has 0 unspecified atom stereocenters. The van der Waals surface area contributed by atoms with Crippen molar-refractivity contribution in [3.63, 3.8) is 0 Å². The average molecular weight is 422 g/mol. The first-order valence-corrected chi connectivity index (χ1v) is 5.60. The largest absolute Gasteiger partial charge is 1.00 e. The molecule has 0 atom stereocenters. The molecule has 0 bridgehead atoms. The van der Waals surface area contributed by atoms with E-state index in [-0.39, 0.29) is 35.3 Å². The van der Waals surface area contributed by atoms with Crippen molar-refractivity contribution in [2.75, 3.05) is 0 Å². The first-order valence-electron chi connectivity index (χ1n) is 5.60. The van der Waals surface area contributed by atoms with E-state index in [9.17, 15) is 0 Å². The van der Waals surface area contributed by atoms with E-state index in [4.69, 9.17) is 0 Å². The topological polar surface area (TPSA) is 0 Å². The van der Waals surface area contributed by atoms with Crippen molar-refractivity contribution in [3.05, 3.63) is 77.9 Å². The second kappa shape index (κ2) is 8.05. The molecule has 0 aliphatic heterocycles. The van der Waals surface area contributed by atoms with E-state index in [2.05, 4.69) is 66.7 Å². The number of rotatable bonds is 2. The molecule has 0 aliphatic carbocycles. The van der Waals surface area contributed by atoms with Crippen molar-refractivity contribution in [3.8, 4) is 0 Å². The van der Waals surface area contributed by atoms with Gasteiger partial charge in [-0.2, -0.15) is 6.07 Å². The van der Waals surface area contributed by atoms with Gasteiger partial charge < -0.3 is 9.41 Å². The Balaban J connectivity index is 0.00000108. The number of hydrogen-bond donors (Lipinski definition) is 0. The summed E-state index contributed by atoms with van der Waals surface area (Å²) in [6.07, 6.45) is 1.02. The molecule has 0 aromatic heterocycles. The molecule has 0 nitrogen and oxygen atoms in total. The Hall–Kier alpha value is -1.22. The minimum absolute atomic E-state index is 0. The van der Waals surface area contributed by atoms with E-state index < -0.39 is 0 Å². The van der Waals surface area contributed by atoms with E-state index in [1.54, 1.807) is 0 Å². The van der Waals surface area contributed by atoms with E-state index in [1.807, 2.05) is 0 Å². The number of fused-ring (bicyclic) bond motifs is 1. The summed E-state index contributed by atoms with van der Waals surface area (Å²) in [6.45, 7) is 0. The van der Waals surface area contributed by atoms with Crippen LogP contribution in [0.2, 0.25) is 0 Å². The molecule has 3 aromatic rings. The molecule has 3 aromatic carbocycles. The molecule has 98 valence electrons. The molecule has 3 heteroatoms. The Morgan fingerprint density at radius 3 is 2.11 bits per heavy atom. The van der Waals surface area contributed by atoms with Crippen LogP contribution in [0.25, 0.3) is 10.8 Å². The minimum atomic E-state index is 0. The fourth-order valence-electron chi connectivity index (χ4n) is 2.15. The molecular formula is C16H13F2Hf-3. The van der Waals surface area contributed by atoms with Crippen LogP contribution >= 0.6 is 0 Å². The zero-order valence-electron chi connectivity index (χ0n) is 10.3. The van der Waals surface area contributed by atoms with Crippen LogP contribution in [0.1, 0.15) is 11.1 Å². The number of benzene rings is 2. The second-order valence-corrected chi connectivity index (χ2v) is 4.15. The summed E-state index contributed by atoms with van der Waals surface area (Å²) >= 11 is 0. The van der Waals surface area contributed by atoms with Crippen molar-refractivity contribution in [2.45, 2.75) is 6.42 Å². The summed E-state index contributed by atoms with van der Waals surface area (Å²) in [5, 5.41) is 2.68. The van der Waals surface area contributed by atoms with E-state index in [1.165, 1.54) is 21.9 Å². The van der Waals surface area contributed by atoms with Crippen molar-refractivity contribution in [2.24, 2.45) is 0 Å². The van der Waals surface area contributed by atoms with Gasteiger partial charge in [0.25, 0.3) is 0 Å². The van der Waals surface area contributed by atoms with Crippen LogP contribution in [-0.4, -0.2) is 0 Å². The summed E-state index contributed by atoms with van der Waals surface area (Å²) in [6, 6.07) is 23.7. The van der Waals surface area contributed by atoms with Crippen molar-refractivity contribution >= 4 is 10.8 Å². The van der Waals surface area contributed by atoms with Gasteiger partial charge in [-0.15, -0.1) is 40.6 Å². The fourth-order valence-corrected chi connectivity index (χ4v) is 2.15. The predicted octanol–water partition coefficient (Wildman–Crippen LogP) is -1.84. The third-order valence-corrected chi connectivity index (χ3v) is 2.93. The first-order chi connectivity index (χ1) is 7.92. The van der Waals surface area contributed by atoms with E-state index in [0.717, 1.165) is 6.42 Å². The van der Waals surface area contributed by atoms with Gasteiger partial charge in [-0.3, -0.25) is 0 Å². The van der Waals surface area contributed by atoms with Gasteiger partial charge in [0.1, 0.15) is 0 Å². The third kappa shape index (κ3) is 4.13. The van der Waals surface area contributed by atoms with Gasteiger partial charge in [-0.1, -0.05) is 36.4 Å². The maximum absolute atomic E-state index is 2.28. The molecule has 0 saturated carbocycles. The quantitative estimate of drug-likeness (QED) is 0.337. The maximum atomic E-state index is 2.28. The van der Waals surface area contributed by atoms with Gasteiger partial charge in [0.05, 0.1) is 0 Å². The Morgan fingerprint density at radius 1 is 0.789 bits per heavy atom. The molecule has 0 amide bonds. The van der Waals surface area contributed by atoms with Crippen molar-refractivity contribution in [1.29, 1.82) is 0 Å². The molecule has 0 spiro atoms. The summed E-state index contributed by atoms with van der Waals surface area (Å²) in [5.74, 6) is 0. The van der Waals surface area contributed by atoms with Crippen molar-refractivity contribution < 1.29 is 35.3 Å². The molecule has 19 heavy (non-hydrogen) atoms. The zero-order chi connectivity index (χ0) is 10.8. The van der Waals surface area contributed by atoms with Crippen LogP contribution in [0, 0.1) is 0 Å². The molecule has 0 heterocycles. The third-order valence-electron chi connectivity index (χ3n) is 2.93. The fraction of sp³-hybridized carbons (Fsp3) is 0.0625. The zero-order valence-corrected chi connectivity index (χ0v) is 13.9. The van der Waals surface area contributed by atoms with Gasteiger partial charge in [-0.05, 0) is 12.0 Å². The molecule has 0 fully saturated rings. The normalized spacial score (nSPS) is 9.05. The first kappa shape index (κ1) is 17.8. The SMILES string of the molecule is [F-].[F-].[Hf].c1ccc(Cc2cc3ccccc3[cH-]2)cc1. The van der Waals surface area contributed by atoms with Gasteiger partial charge >= 0.3 is 0 Å². The Labute approximate surface area is 130 Å². The number of hydrogen-bond acceptors (Lipinski definition) is 0. The van der Waals surface area contributed by atoms with Crippen LogP contribution in [0.4, 0.5) is 0 Å². The van der Waals surface area contributed by atoms with Crippen LogP contribution in [-0.2, 0) is 32.3 Å². The maximum Gasteiger partial charge on any atom is 0 e. The van der Waals surface area contributed by atoms with Crippen LogP contribution in [0.5, 0.6) is 0 Å². The van der Waals surface area contributed by atoms with Crippen LogP contribution in [0.15, 0.2) is 66.7 Å². The molecule has 3 rings (SSSR count). The average Bonchev–Trinajstić information content (AvgIpc) is 2.72. The van der Waals surface area contributed by atoms with Gasteiger partial charge in [0.15, 0.2) is 0 Å². The predicted molar refractivity (Wildman–Crippen MR) is 68.8 cm³/mol. The summed E-state index contributed by atoms with van der Waals surface area (Å²) in [5.41, 5.74) is 2.77. The van der Waals surface area contributed by atoms with Crippen molar-refractivity contribution in [1.82, 2.24) is 0 Å². The molecule has 0 radical (unpaired) electrons. The molecule has 0 N–H and O–H groups in total. The Bertz CT molecular complexity index is 569. The van der Waals surface area contributed by atoms with Crippen LogP contribution in [0.3, 0.4) is 0 Å². The second-order valence-electron chi connectivity index (χ2n) is 4.15. The van der Waals surface area contributed by atoms with Gasteiger partial charge in [0.2, 0.25) is 0 Å². The molecule has 0 saturated heterocycles. The summed E-state index contributed by atoms with van der Waals surface area (Å²) in [4.78, 5) is 0. The van der Waals surface area contributed by atoms with E-state index in [0.29, 0.717) is 0 Å². The molecule has 0 aliphatic rings. The van der Waals surface area contributed by atoms with Gasteiger partial charge in [-0.25, -0.2) is 0 Å². The van der Waals surface area contributed by atoms with Gasteiger partial charge in [0, 0.05) is 25.8 Å². The smallest absolute Gasteiger partial charge is 0 e. The Kier molecular flexibility index (Phi) is 7.54. The molecular weight excluding hydrogens is 409 g/mol. The monoisotopic (exact) mass is 423 g/mol. The number of halogens is 2.